The molecule has 1 aliphatic carbocycles. The van der Waals surface area contributed by atoms with Crippen molar-refractivity contribution in [2.45, 2.75) is 32.4 Å². The van der Waals surface area contributed by atoms with E-state index in [9.17, 15) is 26.3 Å². The maximum atomic E-state index is 14.0. The molecule has 282 valence electrons. The van der Waals surface area contributed by atoms with E-state index in [1.54, 1.807) is 19.2 Å². The quantitative estimate of drug-likeness (QED) is 0.0943. The maximum absolute atomic E-state index is 14.0. The van der Waals surface area contributed by atoms with Crippen LogP contribution in [0.15, 0.2) is 169 Å². The average Bonchev–Trinajstić information content (AvgIpc) is 3.72. The summed E-state index contributed by atoms with van der Waals surface area (Å²) in [5, 5.41) is 2.69. The largest absolute Gasteiger partial charge is 3.00 e. The van der Waals surface area contributed by atoms with Gasteiger partial charge in [0.2, 0.25) is 0 Å². The summed E-state index contributed by atoms with van der Waals surface area (Å²) in [7, 11) is 4.71. The van der Waals surface area contributed by atoms with Crippen LogP contribution < -0.4 is 0 Å². The third kappa shape index (κ3) is 11.8. The zero-order valence-corrected chi connectivity index (χ0v) is 35.0. The zero-order chi connectivity index (χ0) is 40.3. The Kier molecular flexibility index (Phi) is 16.2. The van der Waals surface area contributed by atoms with E-state index >= 15 is 0 Å². The first-order valence-corrected chi connectivity index (χ1v) is 20.3. The summed E-state index contributed by atoms with van der Waals surface area (Å²) in [5.41, 5.74) is 1.84. The van der Waals surface area contributed by atoms with E-state index in [0.29, 0.717) is 0 Å². The van der Waals surface area contributed by atoms with Crippen molar-refractivity contribution in [1.29, 1.82) is 0 Å². The Hall–Kier alpha value is -4.85. The number of halogens is 6. The molecular formula is C48H37BF6SiZr. The molecule has 1 aliphatic rings. The Balaban J connectivity index is 0.000000205. The molecule has 0 fully saturated rings. The van der Waals surface area contributed by atoms with Gasteiger partial charge in [0.1, 0.15) is 0 Å². The summed E-state index contributed by atoms with van der Waals surface area (Å²) < 4.78 is 83.1. The molecule has 9 heteroatoms. The molecule has 0 bridgehead atoms. The first-order chi connectivity index (χ1) is 26.8. The normalized spacial score (nSPS) is 11.8. The van der Waals surface area contributed by atoms with Gasteiger partial charge in [-0.1, -0.05) is 48.9 Å². The second-order valence-electron chi connectivity index (χ2n) is 13.1. The van der Waals surface area contributed by atoms with Gasteiger partial charge < -0.3 is 0 Å². The first-order valence-electron chi connectivity index (χ1n) is 17.7. The minimum Gasteiger partial charge on any atom is -0.184 e. The summed E-state index contributed by atoms with van der Waals surface area (Å²) in [5.74, 6) is 0. The third-order valence-corrected chi connectivity index (χ3v) is 9.45. The van der Waals surface area contributed by atoms with Gasteiger partial charge in [0, 0.05) is 0 Å². The van der Waals surface area contributed by atoms with Crippen molar-refractivity contribution in [3.63, 3.8) is 0 Å². The minimum absolute atomic E-state index is 0. The number of hydrogen-bond donors (Lipinski definition) is 0. The van der Waals surface area contributed by atoms with Crippen LogP contribution in [0.25, 0.3) is 38.6 Å². The summed E-state index contributed by atoms with van der Waals surface area (Å²) in [6, 6.07) is 55.7. The summed E-state index contributed by atoms with van der Waals surface area (Å²) >= 11 is 0. The molecule has 0 aromatic heterocycles. The second kappa shape index (κ2) is 20.5. The second-order valence-corrected chi connectivity index (χ2v) is 15.5. The Bertz CT molecular complexity index is 2330. The van der Waals surface area contributed by atoms with Crippen LogP contribution >= 0.6 is 0 Å². The third-order valence-electron chi connectivity index (χ3n) is 8.58. The predicted octanol–water partition coefficient (Wildman–Crippen LogP) is 13.0. The molecule has 2 radical (unpaired) electrons. The Morgan fingerprint density at radius 1 is 0.596 bits per heavy atom. The molecule has 8 rings (SSSR count). The summed E-state index contributed by atoms with van der Waals surface area (Å²) in [4.78, 5) is 0. The minimum atomic E-state index is -4.85. The van der Waals surface area contributed by atoms with E-state index in [4.69, 9.17) is 7.49 Å². The van der Waals surface area contributed by atoms with E-state index in [0.717, 1.165) is 12.1 Å². The number of benzene rings is 6. The molecule has 57 heavy (non-hydrogen) atoms. The van der Waals surface area contributed by atoms with Gasteiger partial charge in [0.05, 0.1) is 0 Å². The van der Waals surface area contributed by atoms with Crippen LogP contribution in [0.4, 0.5) is 26.3 Å². The van der Waals surface area contributed by atoms with Gasteiger partial charge in [0.15, 0.2) is 0 Å². The van der Waals surface area contributed by atoms with Gasteiger partial charge >= 0.3 is 186 Å². The van der Waals surface area contributed by atoms with Crippen molar-refractivity contribution in [3.05, 3.63) is 204 Å². The molecule has 0 nitrogen and oxygen atoms in total. The van der Waals surface area contributed by atoms with Gasteiger partial charge in [-0.25, -0.2) is 0 Å². The molecule has 0 heterocycles. The molecule has 0 spiro atoms. The number of fused-ring (bicyclic) bond motifs is 2. The van der Waals surface area contributed by atoms with E-state index in [1.165, 1.54) is 57.4 Å². The predicted molar refractivity (Wildman–Crippen MR) is 224 cm³/mol. The molecule has 0 aliphatic heterocycles. The molecule has 7 aromatic rings. The van der Waals surface area contributed by atoms with Crippen molar-refractivity contribution < 1.29 is 52.5 Å². The van der Waals surface area contributed by atoms with Gasteiger partial charge in [-0.2, -0.15) is 78.9 Å². The number of aryl methyl sites for hydroxylation is 1. The van der Waals surface area contributed by atoms with Crippen LogP contribution in [0.2, 0.25) is 13.1 Å². The van der Waals surface area contributed by atoms with Gasteiger partial charge in [0.25, 0.3) is 0 Å². The Morgan fingerprint density at radius 2 is 1.12 bits per heavy atom. The van der Waals surface area contributed by atoms with Crippen molar-refractivity contribution in [2.75, 3.05) is 0 Å². The molecule has 0 saturated heterocycles. The maximum Gasteiger partial charge on any atom is 3.00 e. The van der Waals surface area contributed by atoms with E-state index < -0.39 is 43.0 Å². The van der Waals surface area contributed by atoms with Crippen LogP contribution in [0, 0.1) is 19.1 Å². The van der Waals surface area contributed by atoms with E-state index in [2.05, 4.69) is 79.7 Å². The molecule has 0 atom stereocenters. The summed E-state index contributed by atoms with van der Waals surface area (Å²) in [6.07, 6.45) is -9.67. The topological polar surface area (TPSA) is 0 Å². The monoisotopic (exact) mass is 856 g/mol. The van der Waals surface area contributed by atoms with E-state index in [-0.39, 0.29) is 48.4 Å². The van der Waals surface area contributed by atoms with Crippen LogP contribution in [-0.2, 0) is 32.4 Å². The fraction of sp³-hybridized carbons (Fsp3) is 0.104. The van der Waals surface area contributed by atoms with Crippen molar-refractivity contribution in [2.24, 2.45) is 0 Å². The number of rotatable bonds is 3. The summed E-state index contributed by atoms with van der Waals surface area (Å²) in [6.45, 7) is 5.71. The molecular weight excluding hydrogens is 821 g/mol. The fourth-order valence-corrected chi connectivity index (χ4v) is 7.19. The van der Waals surface area contributed by atoms with Gasteiger partial charge in [-0.05, 0) is 5.56 Å². The average molecular weight is 858 g/mol. The molecule has 0 unspecified atom stereocenters. The Morgan fingerprint density at radius 3 is 1.58 bits per heavy atom. The number of allylic oxidation sites excluding steroid dienone is 2. The van der Waals surface area contributed by atoms with Crippen LogP contribution in [0.5, 0.6) is 0 Å². The van der Waals surface area contributed by atoms with Gasteiger partial charge in [-0.3, -0.25) is 0 Å². The molecule has 7 aromatic carbocycles. The van der Waals surface area contributed by atoms with Crippen LogP contribution in [0.1, 0.15) is 22.3 Å². The molecule has 0 amide bonds. The number of alkyl halides is 6. The van der Waals surface area contributed by atoms with Crippen LogP contribution in [-0.4, -0.2) is 33.2 Å². The van der Waals surface area contributed by atoms with Crippen LogP contribution in [0.3, 0.4) is 0 Å². The van der Waals surface area contributed by atoms with Crippen molar-refractivity contribution in [3.8, 4) is 22.3 Å². The van der Waals surface area contributed by atoms with Crippen molar-refractivity contribution >= 4 is 43.4 Å². The van der Waals surface area contributed by atoms with Gasteiger partial charge in [-0.15, -0.1) is 34.5 Å². The van der Waals surface area contributed by atoms with Crippen molar-refractivity contribution in [1.82, 2.24) is 0 Å². The zero-order valence-electron chi connectivity index (χ0n) is 31.5. The molecule has 0 N–H and O–H groups in total. The number of hydrogen-bond acceptors (Lipinski definition) is 0. The smallest absolute Gasteiger partial charge is 0.184 e. The molecule has 0 saturated carbocycles. The fourth-order valence-electron chi connectivity index (χ4n) is 6.31. The first kappa shape index (κ1) is 44.9. The SMILES string of the molecule is Cc1cc2c(-c3ccccc3)cccc2[cH-]1.[B]=C1C(C=[Si](C)C)=C(C(F)(F)F)c2c1ccc(C(F)(F)F)c2-c1ccccc1.[Zr+3].[c-]1ccccc1.[c-]1ccccc1. The Labute approximate surface area is 352 Å². The van der Waals surface area contributed by atoms with E-state index in [1.807, 2.05) is 60.7 Å². The standard InChI is InChI=1S/C20H14BF6Si.C16H13.2C6H5.Zr/c1-28(2)10-13-17(20(25,26)27)16-12(18(13)21)8-9-14(19(22,23)24)15(16)11-6-4-3-5-7-11;1-12-10-14-8-5-9-15(16(14)11-12)13-6-3-2-4-7-13;2*1-2-4-6-5-3-1;/h3-10H,1-2H3;2-11H,1H3;2*1-5H;/q;3*-1;+3.